The highest BCUT2D eigenvalue weighted by Gasteiger charge is 2.46. The third-order valence-electron chi connectivity index (χ3n) is 13.6. The van der Waals surface area contributed by atoms with Crippen LogP contribution >= 0.6 is 0 Å². The van der Waals surface area contributed by atoms with Crippen LogP contribution in [0.3, 0.4) is 0 Å². The smallest absolute Gasteiger partial charge is 0.135 e. The third kappa shape index (κ3) is 5.28. The van der Waals surface area contributed by atoms with E-state index < -0.39 is 5.41 Å². The number of para-hydroxylation sites is 2. The molecule has 0 radical (unpaired) electrons. The van der Waals surface area contributed by atoms with Crippen LogP contribution in [0.1, 0.15) is 58.4 Å². The molecule has 2 aliphatic carbocycles. The molecule has 0 amide bonds. The molecule has 1 aromatic heterocycles. The minimum absolute atomic E-state index is 0.135. The maximum atomic E-state index is 6.35. The first kappa shape index (κ1) is 35.5. The van der Waals surface area contributed by atoms with Crippen LogP contribution < -0.4 is 4.90 Å². The molecule has 61 heavy (non-hydrogen) atoms. The van der Waals surface area contributed by atoms with Crippen molar-refractivity contribution < 1.29 is 4.42 Å². The van der Waals surface area contributed by atoms with Crippen molar-refractivity contribution in [2.45, 2.75) is 31.1 Å². The van der Waals surface area contributed by atoms with Crippen LogP contribution in [0.2, 0.25) is 0 Å². The molecule has 0 spiro atoms. The van der Waals surface area contributed by atoms with Crippen molar-refractivity contribution in [3.8, 4) is 22.3 Å². The van der Waals surface area contributed by atoms with Gasteiger partial charge in [-0.2, -0.15) is 0 Å². The highest BCUT2D eigenvalue weighted by Crippen LogP contribution is 2.57. The molecule has 0 unspecified atom stereocenters. The highest BCUT2D eigenvalue weighted by atomic mass is 16.3. The quantitative estimate of drug-likeness (QED) is 0.167. The van der Waals surface area contributed by atoms with E-state index in [1.54, 1.807) is 0 Å². The predicted molar refractivity (Wildman–Crippen MR) is 253 cm³/mol. The Balaban J connectivity index is 0.967. The molecule has 0 saturated heterocycles. The van der Waals surface area contributed by atoms with Gasteiger partial charge in [0.25, 0.3) is 0 Å². The zero-order valence-corrected chi connectivity index (χ0v) is 34.3. The van der Waals surface area contributed by atoms with E-state index in [4.69, 9.17) is 4.42 Å². The van der Waals surface area contributed by atoms with Crippen molar-refractivity contribution in [1.29, 1.82) is 0 Å². The van der Waals surface area contributed by atoms with Crippen molar-refractivity contribution in [3.05, 3.63) is 257 Å². The molecular formula is C59H43NO. The predicted octanol–water partition coefficient (Wildman–Crippen LogP) is 15.3. The summed E-state index contributed by atoms with van der Waals surface area (Å²) in [5.41, 5.74) is 20.3. The van der Waals surface area contributed by atoms with Gasteiger partial charge in [-0.05, 0) is 122 Å². The first-order chi connectivity index (χ1) is 30.0. The molecule has 0 saturated carbocycles. The fraction of sp³-hybridized carbons (Fsp3) is 0.0847. The third-order valence-corrected chi connectivity index (χ3v) is 13.6. The van der Waals surface area contributed by atoms with Gasteiger partial charge < -0.3 is 9.32 Å². The lowest BCUT2D eigenvalue weighted by Crippen LogP contribution is -2.28. The first-order valence-corrected chi connectivity index (χ1v) is 21.4. The molecule has 2 heteroatoms. The second-order valence-electron chi connectivity index (χ2n) is 17.2. The molecule has 12 rings (SSSR count). The Morgan fingerprint density at radius 3 is 1.77 bits per heavy atom. The number of benzene rings is 9. The second-order valence-corrected chi connectivity index (χ2v) is 17.2. The van der Waals surface area contributed by atoms with Crippen LogP contribution in [-0.4, -0.2) is 0 Å². The van der Waals surface area contributed by atoms with Crippen molar-refractivity contribution in [2.75, 3.05) is 4.90 Å². The van der Waals surface area contributed by atoms with E-state index in [9.17, 15) is 0 Å². The molecule has 2 aliphatic rings. The van der Waals surface area contributed by atoms with Gasteiger partial charge in [0, 0.05) is 33.2 Å². The van der Waals surface area contributed by atoms with Crippen molar-refractivity contribution in [1.82, 2.24) is 0 Å². The van der Waals surface area contributed by atoms with Gasteiger partial charge in [-0.1, -0.05) is 178 Å². The van der Waals surface area contributed by atoms with Crippen LogP contribution in [-0.2, 0) is 17.3 Å². The van der Waals surface area contributed by atoms with E-state index in [1.165, 1.54) is 77.5 Å². The first-order valence-electron chi connectivity index (χ1n) is 21.4. The van der Waals surface area contributed by atoms with Crippen LogP contribution in [0.5, 0.6) is 0 Å². The minimum Gasteiger partial charge on any atom is -0.456 e. The van der Waals surface area contributed by atoms with Gasteiger partial charge >= 0.3 is 0 Å². The minimum atomic E-state index is -0.477. The van der Waals surface area contributed by atoms with Gasteiger partial charge in [0.05, 0.1) is 5.41 Å². The van der Waals surface area contributed by atoms with E-state index in [0.29, 0.717) is 0 Å². The summed E-state index contributed by atoms with van der Waals surface area (Å²) in [7, 11) is 0. The molecule has 9 aromatic carbocycles. The van der Waals surface area contributed by atoms with Crippen LogP contribution in [0.4, 0.5) is 17.1 Å². The number of rotatable bonds is 6. The number of hydrogen-bond acceptors (Lipinski definition) is 2. The van der Waals surface area contributed by atoms with Crippen molar-refractivity contribution >= 4 is 39.0 Å². The van der Waals surface area contributed by atoms with Gasteiger partial charge in [0.2, 0.25) is 0 Å². The Labute approximate surface area is 357 Å². The SMILES string of the molecule is CC1(C)c2ccc(-c3ccc(N(c4ccccc4)c4ccc5c(c4)C(c4ccccc4)(c4ccccc4)c4ccccc4-5)cc3)cc2Cc2c1ccc1oc3ccccc3c21. The van der Waals surface area contributed by atoms with Gasteiger partial charge in [0.15, 0.2) is 0 Å². The van der Waals surface area contributed by atoms with Gasteiger partial charge in [-0.15, -0.1) is 0 Å². The van der Waals surface area contributed by atoms with Gasteiger partial charge in [-0.3, -0.25) is 0 Å². The summed E-state index contributed by atoms with van der Waals surface area (Å²) in [5, 5.41) is 2.45. The lowest BCUT2D eigenvalue weighted by molar-refractivity contribution is 0.611. The number of fused-ring (bicyclic) bond motifs is 9. The zero-order valence-electron chi connectivity index (χ0n) is 34.3. The topological polar surface area (TPSA) is 16.4 Å². The summed E-state index contributed by atoms with van der Waals surface area (Å²) in [6.07, 6.45) is 0.873. The monoisotopic (exact) mass is 781 g/mol. The fourth-order valence-corrected chi connectivity index (χ4v) is 10.9. The maximum absolute atomic E-state index is 6.35. The van der Waals surface area contributed by atoms with Crippen LogP contribution in [0, 0.1) is 0 Å². The van der Waals surface area contributed by atoms with E-state index in [0.717, 1.165) is 34.6 Å². The van der Waals surface area contributed by atoms with E-state index in [-0.39, 0.29) is 5.41 Å². The van der Waals surface area contributed by atoms with Crippen molar-refractivity contribution in [3.63, 3.8) is 0 Å². The zero-order chi connectivity index (χ0) is 40.7. The summed E-state index contributed by atoms with van der Waals surface area (Å²) in [6, 6.07) is 78.1. The largest absolute Gasteiger partial charge is 0.456 e. The van der Waals surface area contributed by atoms with Crippen LogP contribution in [0.25, 0.3) is 44.2 Å². The Morgan fingerprint density at radius 2 is 1.02 bits per heavy atom. The average Bonchev–Trinajstić information content (AvgIpc) is 3.84. The second kappa shape index (κ2) is 13.6. The molecule has 1 heterocycles. The Hall–Kier alpha value is -7.42. The molecule has 0 bridgehead atoms. The van der Waals surface area contributed by atoms with E-state index in [1.807, 2.05) is 0 Å². The van der Waals surface area contributed by atoms with Gasteiger partial charge in [-0.25, -0.2) is 0 Å². The fourth-order valence-electron chi connectivity index (χ4n) is 10.9. The normalized spacial score (nSPS) is 14.3. The summed E-state index contributed by atoms with van der Waals surface area (Å²) in [5.74, 6) is 0. The average molecular weight is 782 g/mol. The lowest BCUT2D eigenvalue weighted by Gasteiger charge is -2.36. The summed E-state index contributed by atoms with van der Waals surface area (Å²) < 4.78 is 6.35. The molecule has 2 nitrogen and oxygen atoms in total. The van der Waals surface area contributed by atoms with Crippen LogP contribution in [0.15, 0.2) is 217 Å². The van der Waals surface area contributed by atoms with Gasteiger partial charge in [0.1, 0.15) is 11.2 Å². The molecule has 0 aliphatic heterocycles. The Kier molecular flexibility index (Phi) is 7.89. The Morgan fingerprint density at radius 1 is 0.426 bits per heavy atom. The molecule has 0 atom stereocenters. The number of anilines is 3. The number of furan rings is 1. The summed E-state index contributed by atoms with van der Waals surface area (Å²) >= 11 is 0. The molecule has 0 fully saturated rings. The Bertz CT molecular complexity index is 3250. The maximum Gasteiger partial charge on any atom is 0.135 e. The number of nitrogens with zero attached hydrogens (tertiary/aromatic N) is 1. The number of hydrogen-bond donors (Lipinski definition) is 0. The van der Waals surface area contributed by atoms with E-state index in [2.05, 4.69) is 231 Å². The molecule has 290 valence electrons. The lowest BCUT2D eigenvalue weighted by atomic mass is 9.67. The molecule has 10 aromatic rings. The molecule has 0 N–H and O–H groups in total. The standard InChI is InChI=1S/C59H43NO/c1-58(2)51-33-28-40(36-41(51)37-50-52(58)34-35-56-57(50)49-23-13-15-25-55(49)61-56)39-26-29-45(30-27-39)60(44-20-10-5-11-21-44)46-31-32-48-47-22-12-14-24-53(47)59(54(48)38-46,42-16-6-3-7-17-42)43-18-8-4-9-19-43/h3-36,38H,37H2,1-2H3. The molecular weight excluding hydrogens is 739 g/mol. The van der Waals surface area contributed by atoms with E-state index >= 15 is 0 Å². The highest BCUT2D eigenvalue weighted by molar-refractivity contribution is 6.07. The summed E-state index contributed by atoms with van der Waals surface area (Å²) in [4.78, 5) is 2.40. The summed E-state index contributed by atoms with van der Waals surface area (Å²) in [6.45, 7) is 4.73. The van der Waals surface area contributed by atoms with Crippen molar-refractivity contribution in [2.24, 2.45) is 0 Å².